The van der Waals surface area contributed by atoms with Crippen molar-refractivity contribution in [1.29, 1.82) is 0 Å². The molecule has 0 aliphatic carbocycles. The van der Waals surface area contributed by atoms with Crippen LogP contribution in [-0.2, 0) is 0 Å². The van der Waals surface area contributed by atoms with Crippen LogP contribution < -0.4 is 4.90 Å². The smallest absolute Gasteiger partial charge is 0.231 e. The third-order valence-electron chi connectivity index (χ3n) is 3.06. The normalized spacial score (nSPS) is 10.4. The van der Waals surface area contributed by atoms with Crippen LogP contribution in [0.2, 0.25) is 0 Å². The van der Waals surface area contributed by atoms with Crippen LogP contribution in [0, 0.1) is 6.57 Å². The Balaban J connectivity index is 2.02. The lowest BCUT2D eigenvalue weighted by Gasteiger charge is -2.16. The fourth-order valence-corrected chi connectivity index (χ4v) is 1.84. The minimum Gasteiger partial charge on any atom is -0.367 e. The van der Waals surface area contributed by atoms with E-state index in [1.165, 1.54) is 0 Å². The summed E-state index contributed by atoms with van der Waals surface area (Å²) in [6.45, 7) is 8.10. The van der Waals surface area contributed by atoms with E-state index < -0.39 is 0 Å². The highest BCUT2D eigenvalue weighted by Gasteiger charge is 2.00. The van der Waals surface area contributed by atoms with Crippen LogP contribution in [0.15, 0.2) is 48.8 Å². The standard InChI is InChI=1S/C17H17N3/c1-18-13-14-20(2)17-7-5-15(6-8-17)3-4-16-9-11-19-12-10-16/h3-12H,13-14H2,2H3. The summed E-state index contributed by atoms with van der Waals surface area (Å²) in [6, 6.07) is 12.3. The van der Waals surface area contributed by atoms with Gasteiger partial charge in [0.1, 0.15) is 0 Å². The molecular weight excluding hydrogens is 246 g/mol. The van der Waals surface area contributed by atoms with E-state index in [-0.39, 0.29) is 0 Å². The van der Waals surface area contributed by atoms with Gasteiger partial charge in [0.2, 0.25) is 6.54 Å². The monoisotopic (exact) mass is 263 g/mol. The molecule has 1 heterocycles. The largest absolute Gasteiger partial charge is 0.367 e. The predicted molar refractivity (Wildman–Crippen MR) is 84.3 cm³/mol. The molecule has 0 radical (unpaired) electrons. The van der Waals surface area contributed by atoms with Gasteiger partial charge in [0.05, 0.1) is 6.54 Å². The van der Waals surface area contributed by atoms with Crippen molar-refractivity contribution < 1.29 is 0 Å². The molecule has 0 aliphatic rings. The zero-order valence-corrected chi connectivity index (χ0v) is 11.5. The van der Waals surface area contributed by atoms with Crippen molar-refractivity contribution in [3.05, 3.63) is 71.3 Å². The molecule has 0 saturated carbocycles. The van der Waals surface area contributed by atoms with Crippen molar-refractivity contribution >= 4 is 17.8 Å². The second-order valence-corrected chi connectivity index (χ2v) is 4.51. The van der Waals surface area contributed by atoms with E-state index in [1.54, 1.807) is 12.4 Å². The highest BCUT2D eigenvalue weighted by Crippen LogP contribution is 2.15. The first-order chi connectivity index (χ1) is 9.79. The molecule has 0 spiro atoms. The zero-order chi connectivity index (χ0) is 14.2. The van der Waals surface area contributed by atoms with E-state index in [4.69, 9.17) is 6.57 Å². The van der Waals surface area contributed by atoms with Gasteiger partial charge in [-0.05, 0) is 35.4 Å². The number of anilines is 1. The van der Waals surface area contributed by atoms with E-state index in [1.807, 2.05) is 19.2 Å². The highest BCUT2D eigenvalue weighted by molar-refractivity contribution is 5.70. The lowest BCUT2D eigenvalue weighted by Crippen LogP contribution is -2.19. The first-order valence-corrected chi connectivity index (χ1v) is 6.52. The van der Waals surface area contributed by atoms with E-state index >= 15 is 0 Å². The van der Waals surface area contributed by atoms with Crippen molar-refractivity contribution in [2.24, 2.45) is 0 Å². The van der Waals surface area contributed by atoms with Gasteiger partial charge in [-0.15, -0.1) is 0 Å². The molecule has 3 heteroatoms. The van der Waals surface area contributed by atoms with Crippen LogP contribution >= 0.6 is 0 Å². The molecule has 2 aromatic rings. The Labute approximate surface area is 120 Å². The van der Waals surface area contributed by atoms with Crippen LogP contribution in [0.5, 0.6) is 0 Å². The van der Waals surface area contributed by atoms with Gasteiger partial charge in [0.15, 0.2) is 0 Å². The zero-order valence-electron chi connectivity index (χ0n) is 11.5. The van der Waals surface area contributed by atoms with E-state index in [2.05, 4.69) is 51.1 Å². The molecule has 1 aromatic heterocycles. The van der Waals surface area contributed by atoms with Gasteiger partial charge < -0.3 is 9.74 Å². The SMILES string of the molecule is [C-]#[N+]CCN(C)c1ccc(C=Cc2ccncc2)cc1. The fourth-order valence-electron chi connectivity index (χ4n) is 1.84. The Bertz CT molecular complexity index is 594. The number of hydrogen-bond acceptors (Lipinski definition) is 2. The Morgan fingerprint density at radius 3 is 2.25 bits per heavy atom. The van der Waals surface area contributed by atoms with Gasteiger partial charge in [-0.1, -0.05) is 24.3 Å². The van der Waals surface area contributed by atoms with Gasteiger partial charge in [-0.3, -0.25) is 4.98 Å². The predicted octanol–water partition coefficient (Wildman–Crippen LogP) is 3.61. The third kappa shape index (κ3) is 3.96. The minimum atomic E-state index is 0.528. The maximum atomic E-state index is 6.81. The number of nitrogens with zero attached hydrogens (tertiary/aromatic N) is 3. The van der Waals surface area contributed by atoms with Gasteiger partial charge >= 0.3 is 0 Å². The highest BCUT2D eigenvalue weighted by atomic mass is 15.1. The molecule has 1 aromatic carbocycles. The number of rotatable bonds is 5. The lowest BCUT2D eigenvalue weighted by molar-refractivity contribution is 0.941. The molecule has 20 heavy (non-hydrogen) atoms. The van der Waals surface area contributed by atoms with Gasteiger partial charge in [-0.25, -0.2) is 6.57 Å². The molecule has 0 bridgehead atoms. The van der Waals surface area contributed by atoms with Crippen LogP contribution in [-0.4, -0.2) is 25.1 Å². The van der Waals surface area contributed by atoms with Crippen LogP contribution in [0.3, 0.4) is 0 Å². The molecule has 0 N–H and O–H groups in total. The van der Waals surface area contributed by atoms with Crippen molar-refractivity contribution in [2.75, 3.05) is 25.0 Å². The van der Waals surface area contributed by atoms with E-state index in [0.717, 1.165) is 23.4 Å². The van der Waals surface area contributed by atoms with Gasteiger partial charge in [0, 0.05) is 25.1 Å². The molecule has 0 fully saturated rings. The summed E-state index contributed by atoms with van der Waals surface area (Å²) in [7, 11) is 2.01. The third-order valence-corrected chi connectivity index (χ3v) is 3.06. The minimum absolute atomic E-state index is 0.528. The van der Waals surface area contributed by atoms with Crippen molar-refractivity contribution in [3.63, 3.8) is 0 Å². The van der Waals surface area contributed by atoms with Crippen molar-refractivity contribution in [1.82, 2.24) is 4.98 Å². The molecular formula is C17H17N3. The quantitative estimate of drug-likeness (QED) is 0.768. The number of likely N-dealkylation sites (N-methyl/N-ethyl adjacent to an activating group) is 1. The number of pyridine rings is 1. The first-order valence-electron chi connectivity index (χ1n) is 6.52. The number of hydrogen-bond donors (Lipinski definition) is 0. The molecule has 0 aliphatic heterocycles. The summed E-state index contributed by atoms with van der Waals surface area (Å²) in [5, 5.41) is 0. The summed E-state index contributed by atoms with van der Waals surface area (Å²) in [5.41, 5.74) is 3.43. The van der Waals surface area contributed by atoms with Gasteiger partial charge in [-0.2, -0.15) is 0 Å². The molecule has 0 saturated heterocycles. The molecule has 0 unspecified atom stereocenters. The second kappa shape index (κ2) is 7.10. The van der Waals surface area contributed by atoms with Crippen LogP contribution in [0.1, 0.15) is 11.1 Å². The number of aromatic nitrogens is 1. The summed E-state index contributed by atoms with van der Waals surface area (Å²) in [6.07, 6.45) is 7.72. The maximum Gasteiger partial charge on any atom is 0.231 e. The summed E-state index contributed by atoms with van der Waals surface area (Å²) in [5.74, 6) is 0. The Morgan fingerprint density at radius 2 is 1.65 bits per heavy atom. The summed E-state index contributed by atoms with van der Waals surface area (Å²) in [4.78, 5) is 9.46. The number of benzene rings is 1. The molecule has 0 atom stereocenters. The van der Waals surface area contributed by atoms with Crippen molar-refractivity contribution in [2.45, 2.75) is 0 Å². The lowest BCUT2D eigenvalue weighted by atomic mass is 10.1. The Morgan fingerprint density at radius 1 is 1.05 bits per heavy atom. The maximum absolute atomic E-state index is 6.81. The van der Waals surface area contributed by atoms with E-state index in [9.17, 15) is 0 Å². The molecule has 0 amide bonds. The average molecular weight is 263 g/mol. The average Bonchev–Trinajstić information content (AvgIpc) is 2.52. The van der Waals surface area contributed by atoms with Crippen LogP contribution in [0.4, 0.5) is 5.69 Å². The molecule has 2 rings (SSSR count). The topological polar surface area (TPSA) is 20.5 Å². The molecule has 3 nitrogen and oxygen atoms in total. The Kier molecular flexibility index (Phi) is 4.91. The van der Waals surface area contributed by atoms with Crippen molar-refractivity contribution in [3.8, 4) is 0 Å². The van der Waals surface area contributed by atoms with E-state index in [0.29, 0.717) is 6.54 Å². The molecule has 100 valence electrons. The Hall–Kier alpha value is -2.60. The van der Waals surface area contributed by atoms with Gasteiger partial charge in [0.25, 0.3) is 0 Å². The fraction of sp³-hybridized carbons (Fsp3) is 0.176. The van der Waals surface area contributed by atoms with Crippen LogP contribution in [0.25, 0.3) is 17.0 Å². The summed E-state index contributed by atoms with van der Waals surface area (Å²) >= 11 is 0. The summed E-state index contributed by atoms with van der Waals surface area (Å²) < 4.78 is 0. The first kappa shape index (κ1) is 13.8. The second-order valence-electron chi connectivity index (χ2n) is 4.51.